The first-order chi connectivity index (χ1) is 11.0. The fraction of sp³-hybridized carbons (Fsp3) is 0.562. The van der Waals surface area contributed by atoms with Crippen LogP contribution >= 0.6 is 24.0 Å². The smallest absolute Gasteiger partial charge is 0.188 e. The van der Waals surface area contributed by atoms with Crippen molar-refractivity contribution in [3.05, 3.63) is 29.8 Å². The molecule has 0 spiro atoms. The largest absolute Gasteiger partial charge is 0.497 e. The summed E-state index contributed by atoms with van der Waals surface area (Å²) in [6.45, 7) is 1.30. The molecule has 1 aliphatic rings. The molecule has 1 heterocycles. The van der Waals surface area contributed by atoms with Crippen molar-refractivity contribution in [3.63, 3.8) is 0 Å². The van der Waals surface area contributed by atoms with Crippen molar-refractivity contribution >= 4 is 39.8 Å². The summed E-state index contributed by atoms with van der Waals surface area (Å²) in [7, 11) is -1.16. The van der Waals surface area contributed by atoms with Gasteiger partial charge in [0, 0.05) is 13.1 Å². The zero-order valence-electron chi connectivity index (χ0n) is 13.9. The molecule has 2 rings (SSSR count). The van der Waals surface area contributed by atoms with Crippen LogP contribution in [0.2, 0.25) is 0 Å². The molecule has 0 amide bonds. The number of guanidine groups is 1. The van der Waals surface area contributed by atoms with Crippen molar-refractivity contribution in [2.75, 3.05) is 31.7 Å². The first kappa shape index (κ1) is 21.0. The summed E-state index contributed by atoms with van der Waals surface area (Å²) in [6.07, 6.45) is 2.22. The Kier molecular flexibility index (Phi) is 8.82. The van der Waals surface area contributed by atoms with Crippen LogP contribution in [0.4, 0.5) is 0 Å². The zero-order chi connectivity index (χ0) is 16.7. The Labute approximate surface area is 161 Å². The highest BCUT2D eigenvalue weighted by Crippen LogP contribution is 2.18. The first-order valence-electron chi connectivity index (χ1n) is 7.85. The summed E-state index contributed by atoms with van der Waals surface area (Å²) >= 11 is 0. The summed E-state index contributed by atoms with van der Waals surface area (Å²) in [5.74, 6) is 2.14. The van der Waals surface area contributed by atoms with E-state index in [4.69, 9.17) is 10.5 Å². The highest BCUT2D eigenvalue weighted by atomic mass is 127. The number of hydrogen-bond acceptors (Lipinski definition) is 4. The van der Waals surface area contributed by atoms with Gasteiger partial charge in [-0.3, -0.25) is 4.99 Å². The number of ether oxygens (including phenoxy) is 1. The van der Waals surface area contributed by atoms with Crippen molar-refractivity contribution in [2.45, 2.75) is 19.3 Å². The third-order valence-electron chi connectivity index (χ3n) is 4.07. The number of rotatable bonds is 6. The lowest BCUT2D eigenvalue weighted by molar-refractivity contribution is 0.414. The molecule has 0 bridgehead atoms. The Hall–Kier alpha value is -1.03. The average molecular weight is 467 g/mol. The van der Waals surface area contributed by atoms with E-state index >= 15 is 0 Å². The standard InChI is InChI=1S/C16H25N3O3S.HI/c1-22-15-4-2-13(3-5-15)6-9-18-16(17)19-12-14-7-10-23(20,21)11-8-14;/h2-5,14H,6-12H2,1H3,(H3,17,18,19);1H. The van der Waals surface area contributed by atoms with Gasteiger partial charge in [0.1, 0.15) is 15.6 Å². The van der Waals surface area contributed by atoms with Crippen molar-refractivity contribution in [1.82, 2.24) is 5.32 Å². The van der Waals surface area contributed by atoms with Crippen molar-refractivity contribution in [3.8, 4) is 5.75 Å². The quantitative estimate of drug-likeness (QED) is 0.377. The van der Waals surface area contributed by atoms with Gasteiger partial charge in [-0.1, -0.05) is 12.1 Å². The summed E-state index contributed by atoms with van der Waals surface area (Å²) in [5, 5.41) is 3.09. The molecule has 0 atom stereocenters. The second kappa shape index (κ2) is 10.1. The molecule has 1 aliphatic heterocycles. The monoisotopic (exact) mass is 467 g/mol. The number of hydrogen-bond donors (Lipinski definition) is 2. The third kappa shape index (κ3) is 7.25. The Morgan fingerprint density at radius 1 is 1.29 bits per heavy atom. The van der Waals surface area contributed by atoms with E-state index in [1.165, 1.54) is 5.56 Å². The number of methoxy groups -OCH3 is 1. The molecule has 1 aromatic carbocycles. The topological polar surface area (TPSA) is 93.8 Å². The predicted octanol–water partition coefficient (Wildman–Crippen LogP) is 1.58. The Morgan fingerprint density at radius 3 is 2.50 bits per heavy atom. The fourth-order valence-electron chi connectivity index (χ4n) is 2.53. The fourth-order valence-corrected chi connectivity index (χ4v) is 4.12. The van der Waals surface area contributed by atoms with Gasteiger partial charge in [-0.05, 0) is 42.9 Å². The van der Waals surface area contributed by atoms with Gasteiger partial charge >= 0.3 is 0 Å². The van der Waals surface area contributed by atoms with Crippen LogP contribution in [0.1, 0.15) is 18.4 Å². The van der Waals surface area contributed by atoms with E-state index in [0.717, 1.165) is 12.2 Å². The zero-order valence-corrected chi connectivity index (χ0v) is 17.0. The van der Waals surface area contributed by atoms with Gasteiger partial charge in [-0.2, -0.15) is 0 Å². The van der Waals surface area contributed by atoms with Crippen LogP contribution in [0.3, 0.4) is 0 Å². The maximum Gasteiger partial charge on any atom is 0.188 e. The van der Waals surface area contributed by atoms with Crippen molar-refractivity contribution in [2.24, 2.45) is 16.6 Å². The molecular weight excluding hydrogens is 441 g/mol. The molecule has 3 N–H and O–H groups in total. The number of halogens is 1. The van der Waals surface area contributed by atoms with Crippen LogP contribution in [0.15, 0.2) is 29.3 Å². The van der Waals surface area contributed by atoms with Gasteiger partial charge in [0.25, 0.3) is 0 Å². The molecule has 0 radical (unpaired) electrons. The van der Waals surface area contributed by atoms with E-state index in [0.29, 0.717) is 37.8 Å². The molecular formula is C16H26IN3O3S. The molecule has 1 saturated heterocycles. The van der Waals surface area contributed by atoms with E-state index in [1.807, 2.05) is 24.3 Å². The molecule has 1 fully saturated rings. The lowest BCUT2D eigenvalue weighted by Crippen LogP contribution is -2.34. The first-order valence-corrected chi connectivity index (χ1v) is 9.68. The number of nitrogens with zero attached hydrogens (tertiary/aromatic N) is 1. The molecule has 0 aliphatic carbocycles. The van der Waals surface area contributed by atoms with E-state index in [1.54, 1.807) is 7.11 Å². The van der Waals surface area contributed by atoms with E-state index < -0.39 is 9.84 Å². The molecule has 8 heteroatoms. The van der Waals surface area contributed by atoms with Gasteiger partial charge in [0.05, 0.1) is 18.6 Å². The SMILES string of the molecule is COc1ccc(CCNC(N)=NCC2CCS(=O)(=O)CC2)cc1.I. The number of sulfone groups is 1. The summed E-state index contributed by atoms with van der Waals surface area (Å²) in [5.41, 5.74) is 7.05. The van der Waals surface area contributed by atoms with Crippen LogP contribution in [0, 0.1) is 5.92 Å². The molecule has 0 saturated carbocycles. The maximum atomic E-state index is 11.4. The second-order valence-electron chi connectivity index (χ2n) is 5.85. The normalized spacial score (nSPS) is 17.8. The van der Waals surface area contributed by atoms with Gasteiger partial charge < -0.3 is 15.8 Å². The van der Waals surface area contributed by atoms with Gasteiger partial charge in [-0.15, -0.1) is 24.0 Å². The minimum atomic E-state index is -2.81. The Balaban J connectivity index is 0.00000288. The van der Waals surface area contributed by atoms with Gasteiger partial charge in [0.15, 0.2) is 5.96 Å². The lowest BCUT2D eigenvalue weighted by Gasteiger charge is -2.20. The molecule has 6 nitrogen and oxygen atoms in total. The van der Waals surface area contributed by atoms with Gasteiger partial charge in [-0.25, -0.2) is 8.42 Å². The minimum absolute atomic E-state index is 0. The van der Waals surface area contributed by atoms with Crippen LogP contribution in [0.5, 0.6) is 5.75 Å². The average Bonchev–Trinajstić information content (AvgIpc) is 2.54. The predicted molar refractivity (Wildman–Crippen MR) is 108 cm³/mol. The maximum absolute atomic E-state index is 11.4. The molecule has 0 aromatic heterocycles. The van der Waals surface area contributed by atoms with Gasteiger partial charge in [0.2, 0.25) is 0 Å². The highest BCUT2D eigenvalue weighted by molar-refractivity contribution is 14.0. The van der Waals surface area contributed by atoms with Crippen molar-refractivity contribution < 1.29 is 13.2 Å². The van der Waals surface area contributed by atoms with Crippen LogP contribution < -0.4 is 15.8 Å². The summed E-state index contributed by atoms with van der Waals surface area (Å²) in [4.78, 5) is 4.32. The Morgan fingerprint density at radius 2 is 1.92 bits per heavy atom. The van der Waals surface area contributed by atoms with E-state index in [2.05, 4.69) is 10.3 Å². The number of nitrogens with two attached hydrogens (primary N) is 1. The molecule has 136 valence electrons. The second-order valence-corrected chi connectivity index (χ2v) is 8.15. The lowest BCUT2D eigenvalue weighted by atomic mass is 10.0. The minimum Gasteiger partial charge on any atom is -0.497 e. The summed E-state index contributed by atoms with van der Waals surface area (Å²) < 4.78 is 27.9. The number of aliphatic imine (C=N–C) groups is 1. The molecule has 24 heavy (non-hydrogen) atoms. The van der Waals surface area contributed by atoms with E-state index in [9.17, 15) is 8.42 Å². The summed E-state index contributed by atoms with van der Waals surface area (Å²) in [6, 6.07) is 7.92. The highest BCUT2D eigenvalue weighted by Gasteiger charge is 2.23. The van der Waals surface area contributed by atoms with E-state index in [-0.39, 0.29) is 35.5 Å². The van der Waals surface area contributed by atoms with Crippen LogP contribution in [-0.2, 0) is 16.3 Å². The van der Waals surface area contributed by atoms with Crippen LogP contribution in [-0.4, -0.2) is 46.1 Å². The number of nitrogens with one attached hydrogen (secondary N) is 1. The third-order valence-corrected chi connectivity index (χ3v) is 5.79. The molecule has 0 unspecified atom stereocenters. The number of benzene rings is 1. The molecule has 1 aromatic rings. The van der Waals surface area contributed by atoms with Crippen molar-refractivity contribution in [1.29, 1.82) is 0 Å². The van der Waals surface area contributed by atoms with Crippen LogP contribution in [0.25, 0.3) is 0 Å². The Bertz CT molecular complexity index is 618.